The van der Waals surface area contributed by atoms with Gasteiger partial charge in [-0.15, -0.1) is 0 Å². The molecule has 0 aliphatic carbocycles. The van der Waals surface area contributed by atoms with Crippen LogP contribution in [0.5, 0.6) is 0 Å². The fourth-order valence-electron chi connectivity index (χ4n) is 2.76. The molecular formula is C14H19N5O2S. The Balaban J connectivity index is 1.72. The second-order valence-corrected chi connectivity index (χ2v) is 7.79. The number of hydrogen-bond acceptors (Lipinski definition) is 5. The number of aromatic nitrogens is 4. The molecule has 0 aromatic carbocycles. The van der Waals surface area contributed by atoms with Crippen molar-refractivity contribution in [3.8, 4) is 11.4 Å². The minimum Gasteiger partial charge on any atom is -0.282 e. The standard InChI is InChI=1S/C14H19N5O2S/c1-10-5-14(18-17-10)13-7-12(15-9-16-13)6-11-3-4-19(8-11)22(2,20)21/h5,7,9,11H,3-4,6,8H2,1-2H3,(H,17,18)/t11-/m0/s1. The third-order valence-corrected chi connectivity index (χ3v) is 5.18. The van der Waals surface area contributed by atoms with Gasteiger partial charge < -0.3 is 0 Å². The first-order valence-electron chi connectivity index (χ1n) is 7.20. The van der Waals surface area contributed by atoms with Gasteiger partial charge in [-0.3, -0.25) is 5.10 Å². The molecule has 7 nitrogen and oxygen atoms in total. The van der Waals surface area contributed by atoms with Crippen molar-refractivity contribution in [2.45, 2.75) is 19.8 Å². The average Bonchev–Trinajstić information content (AvgIpc) is 3.08. The Bertz CT molecular complexity index is 771. The van der Waals surface area contributed by atoms with Gasteiger partial charge in [0.25, 0.3) is 0 Å². The lowest BCUT2D eigenvalue weighted by atomic mass is 10.0. The van der Waals surface area contributed by atoms with E-state index in [1.54, 1.807) is 0 Å². The van der Waals surface area contributed by atoms with E-state index in [4.69, 9.17) is 0 Å². The molecule has 0 radical (unpaired) electrons. The van der Waals surface area contributed by atoms with Crippen molar-refractivity contribution in [2.24, 2.45) is 5.92 Å². The van der Waals surface area contributed by atoms with E-state index in [2.05, 4.69) is 20.2 Å². The van der Waals surface area contributed by atoms with Crippen molar-refractivity contribution in [3.05, 3.63) is 29.8 Å². The Labute approximate surface area is 129 Å². The zero-order valence-corrected chi connectivity index (χ0v) is 13.5. The van der Waals surface area contributed by atoms with E-state index >= 15 is 0 Å². The lowest BCUT2D eigenvalue weighted by Crippen LogP contribution is -2.27. The first-order chi connectivity index (χ1) is 10.4. The summed E-state index contributed by atoms with van der Waals surface area (Å²) >= 11 is 0. The monoisotopic (exact) mass is 321 g/mol. The number of rotatable bonds is 4. The largest absolute Gasteiger partial charge is 0.282 e. The minimum atomic E-state index is -3.09. The van der Waals surface area contributed by atoms with Crippen molar-refractivity contribution in [2.75, 3.05) is 19.3 Å². The predicted molar refractivity (Wildman–Crippen MR) is 82.6 cm³/mol. The maximum Gasteiger partial charge on any atom is 0.211 e. The van der Waals surface area contributed by atoms with E-state index in [-0.39, 0.29) is 0 Å². The molecule has 1 N–H and O–H groups in total. The van der Waals surface area contributed by atoms with Gasteiger partial charge in [0.15, 0.2) is 0 Å². The van der Waals surface area contributed by atoms with Crippen molar-refractivity contribution in [1.82, 2.24) is 24.5 Å². The average molecular weight is 321 g/mol. The Morgan fingerprint density at radius 2 is 2.14 bits per heavy atom. The number of sulfonamides is 1. The van der Waals surface area contributed by atoms with Crippen LogP contribution >= 0.6 is 0 Å². The molecular weight excluding hydrogens is 302 g/mol. The van der Waals surface area contributed by atoms with Crippen LogP contribution in [-0.2, 0) is 16.4 Å². The molecule has 0 spiro atoms. The summed E-state index contributed by atoms with van der Waals surface area (Å²) in [6.07, 6.45) is 4.43. The van der Waals surface area contributed by atoms with Gasteiger partial charge in [-0.2, -0.15) is 5.10 Å². The Hall–Kier alpha value is -1.80. The van der Waals surface area contributed by atoms with Crippen LogP contribution < -0.4 is 0 Å². The van der Waals surface area contributed by atoms with Crippen LogP contribution in [0.25, 0.3) is 11.4 Å². The smallest absolute Gasteiger partial charge is 0.211 e. The number of hydrogen-bond donors (Lipinski definition) is 1. The SMILES string of the molecule is Cc1cc(-c2cc(C[C@@H]3CCN(S(C)(=O)=O)C3)ncn2)n[nH]1. The molecule has 22 heavy (non-hydrogen) atoms. The molecule has 1 aliphatic rings. The van der Waals surface area contributed by atoms with E-state index < -0.39 is 10.0 Å². The Kier molecular flexibility index (Phi) is 3.96. The van der Waals surface area contributed by atoms with Crippen molar-refractivity contribution >= 4 is 10.0 Å². The van der Waals surface area contributed by atoms with Crippen LogP contribution in [0.15, 0.2) is 18.5 Å². The number of H-pyrrole nitrogens is 1. The van der Waals surface area contributed by atoms with Crippen molar-refractivity contribution in [1.29, 1.82) is 0 Å². The molecule has 3 heterocycles. The quantitative estimate of drug-likeness (QED) is 0.907. The second kappa shape index (κ2) is 5.77. The lowest BCUT2D eigenvalue weighted by Gasteiger charge is -2.13. The highest BCUT2D eigenvalue weighted by molar-refractivity contribution is 7.88. The molecule has 0 amide bonds. The van der Waals surface area contributed by atoms with Crippen LogP contribution in [0.1, 0.15) is 17.8 Å². The van der Waals surface area contributed by atoms with E-state index in [1.807, 2.05) is 19.1 Å². The van der Waals surface area contributed by atoms with Crippen LogP contribution in [0.3, 0.4) is 0 Å². The van der Waals surface area contributed by atoms with Gasteiger partial charge in [-0.25, -0.2) is 22.7 Å². The highest BCUT2D eigenvalue weighted by Gasteiger charge is 2.28. The van der Waals surface area contributed by atoms with E-state index in [1.165, 1.54) is 16.9 Å². The molecule has 0 bridgehead atoms. The summed E-state index contributed by atoms with van der Waals surface area (Å²) < 4.78 is 24.7. The third kappa shape index (κ3) is 3.33. The summed E-state index contributed by atoms with van der Waals surface area (Å²) in [7, 11) is -3.09. The van der Waals surface area contributed by atoms with Gasteiger partial charge in [0, 0.05) is 24.5 Å². The van der Waals surface area contributed by atoms with Crippen LogP contribution in [0, 0.1) is 12.8 Å². The fourth-order valence-corrected chi connectivity index (χ4v) is 3.68. The van der Waals surface area contributed by atoms with Crippen LogP contribution in [-0.4, -0.2) is 52.2 Å². The molecule has 0 saturated carbocycles. The lowest BCUT2D eigenvalue weighted by molar-refractivity contribution is 0.459. The third-order valence-electron chi connectivity index (χ3n) is 3.91. The molecule has 0 unspecified atom stereocenters. The summed E-state index contributed by atoms with van der Waals surface area (Å²) in [6.45, 7) is 3.11. The van der Waals surface area contributed by atoms with Gasteiger partial charge in [0.1, 0.15) is 12.0 Å². The number of nitrogens with one attached hydrogen (secondary N) is 1. The number of nitrogens with zero attached hydrogens (tertiary/aromatic N) is 4. The maximum atomic E-state index is 11.6. The zero-order chi connectivity index (χ0) is 15.7. The topological polar surface area (TPSA) is 91.8 Å². The highest BCUT2D eigenvalue weighted by Crippen LogP contribution is 2.23. The minimum absolute atomic E-state index is 0.304. The summed E-state index contributed by atoms with van der Waals surface area (Å²) in [6, 6.07) is 3.87. The Morgan fingerprint density at radius 1 is 1.32 bits per heavy atom. The molecule has 1 saturated heterocycles. The molecule has 1 fully saturated rings. The highest BCUT2D eigenvalue weighted by atomic mass is 32.2. The van der Waals surface area contributed by atoms with Gasteiger partial charge in [0.2, 0.25) is 10.0 Å². The maximum absolute atomic E-state index is 11.6. The summed E-state index contributed by atoms with van der Waals surface area (Å²) in [4.78, 5) is 8.56. The summed E-state index contributed by atoms with van der Waals surface area (Å²) in [5.41, 5.74) is 3.48. The number of aryl methyl sites for hydroxylation is 1. The summed E-state index contributed by atoms with van der Waals surface area (Å²) in [5, 5.41) is 7.10. The predicted octanol–water partition coefficient (Wildman–Crippen LogP) is 0.999. The van der Waals surface area contributed by atoms with E-state index in [0.29, 0.717) is 19.0 Å². The fraction of sp³-hybridized carbons (Fsp3) is 0.500. The van der Waals surface area contributed by atoms with E-state index in [0.717, 1.165) is 35.6 Å². The first kappa shape index (κ1) is 15.1. The van der Waals surface area contributed by atoms with Gasteiger partial charge in [-0.1, -0.05) is 0 Å². The van der Waals surface area contributed by atoms with Gasteiger partial charge in [0.05, 0.1) is 11.9 Å². The first-order valence-corrected chi connectivity index (χ1v) is 9.05. The molecule has 2 aromatic rings. The number of aromatic amines is 1. The van der Waals surface area contributed by atoms with Crippen molar-refractivity contribution in [3.63, 3.8) is 0 Å². The van der Waals surface area contributed by atoms with Crippen LogP contribution in [0.4, 0.5) is 0 Å². The second-order valence-electron chi connectivity index (χ2n) is 5.81. The van der Waals surface area contributed by atoms with Gasteiger partial charge >= 0.3 is 0 Å². The van der Waals surface area contributed by atoms with Crippen LogP contribution in [0.2, 0.25) is 0 Å². The van der Waals surface area contributed by atoms with Gasteiger partial charge in [-0.05, 0) is 37.8 Å². The molecule has 3 rings (SSSR count). The zero-order valence-electron chi connectivity index (χ0n) is 12.7. The van der Waals surface area contributed by atoms with Crippen molar-refractivity contribution < 1.29 is 8.42 Å². The molecule has 1 aliphatic heterocycles. The Morgan fingerprint density at radius 3 is 2.77 bits per heavy atom. The molecule has 2 aromatic heterocycles. The normalized spacial score (nSPS) is 19.6. The molecule has 1 atom stereocenters. The summed E-state index contributed by atoms with van der Waals surface area (Å²) in [5.74, 6) is 0.304. The van der Waals surface area contributed by atoms with E-state index in [9.17, 15) is 8.42 Å². The molecule has 118 valence electrons. The molecule has 8 heteroatoms.